The van der Waals surface area contributed by atoms with Crippen LogP contribution in [0.5, 0.6) is 0 Å². The number of aryl methyl sites for hydroxylation is 2. The fourth-order valence-electron chi connectivity index (χ4n) is 1.55. The van der Waals surface area contributed by atoms with Crippen molar-refractivity contribution in [3.63, 3.8) is 0 Å². The first-order valence-corrected chi connectivity index (χ1v) is 5.99. The maximum Gasteiger partial charge on any atom is 0.325 e. The Morgan fingerprint density at radius 3 is 2.90 bits per heavy atom. The first kappa shape index (κ1) is 14.1. The van der Waals surface area contributed by atoms with Crippen molar-refractivity contribution in [1.82, 2.24) is 30.5 Å². The van der Waals surface area contributed by atoms with Gasteiger partial charge < -0.3 is 10.3 Å². The third kappa shape index (κ3) is 3.59. The lowest BCUT2D eigenvalue weighted by Crippen LogP contribution is -2.35. The predicted octanol–water partition coefficient (Wildman–Crippen LogP) is 0.677. The molecule has 0 aliphatic carbocycles. The molecule has 9 heteroatoms. The summed E-state index contributed by atoms with van der Waals surface area (Å²) in [6.07, 6.45) is 3.64. The number of halogens is 2. The number of nitrogens with zero attached hydrogens (tertiary/aromatic N) is 3. The van der Waals surface area contributed by atoms with Crippen LogP contribution in [0.15, 0.2) is 12.4 Å². The average Bonchev–Trinajstić information content (AvgIpc) is 3.05. The SMILES string of the molecule is Cc1nc(C(F)(F)CNC(=O)CCc2ncc[nH]2)n[nH]1. The van der Waals surface area contributed by atoms with Gasteiger partial charge in [-0.1, -0.05) is 0 Å². The molecule has 2 heterocycles. The van der Waals surface area contributed by atoms with E-state index < -0.39 is 24.2 Å². The van der Waals surface area contributed by atoms with E-state index in [1.807, 2.05) is 0 Å². The monoisotopic (exact) mass is 284 g/mol. The minimum Gasteiger partial charge on any atom is -0.350 e. The molecule has 2 aromatic heterocycles. The van der Waals surface area contributed by atoms with Crippen molar-refractivity contribution in [2.45, 2.75) is 25.7 Å². The molecule has 0 saturated carbocycles. The summed E-state index contributed by atoms with van der Waals surface area (Å²) in [6.45, 7) is 0.690. The number of amides is 1. The fraction of sp³-hybridized carbons (Fsp3) is 0.455. The number of aromatic amines is 2. The quantitative estimate of drug-likeness (QED) is 0.726. The zero-order valence-corrected chi connectivity index (χ0v) is 10.8. The summed E-state index contributed by atoms with van der Waals surface area (Å²) < 4.78 is 27.3. The molecule has 20 heavy (non-hydrogen) atoms. The molecule has 0 spiro atoms. The van der Waals surface area contributed by atoms with Crippen LogP contribution in [0.3, 0.4) is 0 Å². The number of hydrogen-bond acceptors (Lipinski definition) is 4. The van der Waals surface area contributed by atoms with Crippen molar-refractivity contribution < 1.29 is 13.6 Å². The van der Waals surface area contributed by atoms with Gasteiger partial charge in [0.25, 0.3) is 0 Å². The second kappa shape index (κ2) is 5.76. The zero-order chi connectivity index (χ0) is 14.6. The van der Waals surface area contributed by atoms with E-state index in [9.17, 15) is 13.6 Å². The smallest absolute Gasteiger partial charge is 0.325 e. The van der Waals surface area contributed by atoms with E-state index in [1.165, 1.54) is 6.92 Å². The Morgan fingerprint density at radius 1 is 1.50 bits per heavy atom. The second-order valence-electron chi connectivity index (χ2n) is 4.26. The largest absolute Gasteiger partial charge is 0.350 e. The van der Waals surface area contributed by atoms with Crippen molar-refractivity contribution in [2.75, 3.05) is 6.54 Å². The molecular formula is C11H14F2N6O. The Bertz CT molecular complexity index is 565. The lowest BCUT2D eigenvalue weighted by Gasteiger charge is -2.13. The minimum absolute atomic E-state index is 0.0800. The van der Waals surface area contributed by atoms with E-state index in [4.69, 9.17) is 0 Å². The number of imidazole rings is 1. The normalized spacial score (nSPS) is 11.6. The molecule has 0 fully saturated rings. The Balaban J connectivity index is 1.80. The number of alkyl halides is 2. The standard InChI is InChI=1S/C11H14F2N6O/c1-7-17-10(19-18-7)11(12,13)6-16-9(20)3-2-8-14-4-5-15-8/h4-5H,2-3,6H2,1H3,(H,14,15)(H,16,20)(H,17,18,19). The molecule has 2 aromatic rings. The average molecular weight is 284 g/mol. The van der Waals surface area contributed by atoms with Gasteiger partial charge in [0.05, 0.1) is 6.54 Å². The highest BCUT2D eigenvalue weighted by Gasteiger charge is 2.36. The Hall–Kier alpha value is -2.32. The number of carbonyl (C=O) groups is 1. The van der Waals surface area contributed by atoms with E-state index in [0.717, 1.165) is 0 Å². The maximum atomic E-state index is 13.7. The molecule has 0 radical (unpaired) electrons. The molecule has 0 atom stereocenters. The summed E-state index contributed by atoms with van der Waals surface area (Å²) >= 11 is 0. The summed E-state index contributed by atoms with van der Waals surface area (Å²) in [5.74, 6) is -3.47. The zero-order valence-electron chi connectivity index (χ0n) is 10.8. The van der Waals surface area contributed by atoms with E-state index in [-0.39, 0.29) is 6.42 Å². The summed E-state index contributed by atoms with van der Waals surface area (Å²) in [5.41, 5.74) is 0. The molecule has 7 nitrogen and oxygen atoms in total. The van der Waals surface area contributed by atoms with Gasteiger partial charge in [-0.2, -0.15) is 13.9 Å². The number of aromatic nitrogens is 5. The topological polar surface area (TPSA) is 99.3 Å². The van der Waals surface area contributed by atoms with Crippen LogP contribution in [0.2, 0.25) is 0 Å². The van der Waals surface area contributed by atoms with Gasteiger partial charge in [-0.3, -0.25) is 9.89 Å². The number of H-pyrrole nitrogens is 2. The molecule has 108 valence electrons. The third-order valence-electron chi connectivity index (χ3n) is 2.58. The third-order valence-corrected chi connectivity index (χ3v) is 2.58. The van der Waals surface area contributed by atoms with Gasteiger partial charge in [0, 0.05) is 25.2 Å². The van der Waals surface area contributed by atoms with Crippen LogP contribution in [0.1, 0.15) is 23.9 Å². The Morgan fingerprint density at radius 2 is 2.30 bits per heavy atom. The molecular weight excluding hydrogens is 270 g/mol. The van der Waals surface area contributed by atoms with Crippen LogP contribution in [0, 0.1) is 6.92 Å². The van der Waals surface area contributed by atoms with Crippen LogP contribution in [0.4, 0.5) is 8.78 Å². The summed E-state index contributed by atoms with van der Waals surface area (Å²) in [4.78, 5) is 21.8. The fourth-order valence-corrected chi connectivity index (χ4v) is 1.55. The molecule has 0 aromatic carbocycles. The highest BCUT2D eigenvalue weighted by molar-refractivity contribution is 5.76. The van der Waals surface area contributed by atoms with Gasteiger partial charge in [-0.25, -0.2) is 9.97 Å². The molecule has 0 bridgehead atoms. The van der Waals surface area contributed by atoms with Crippen LogP contribution in [-0.4, -0.2) is 37.6 Å². The highest BCUT2D eigenvalue weighted by atomic mass is 19.3. The lowest BCUT2D eigenvalue weighted by molar-refractivity contribution is -0.123. The van der Waals surface area contributed by atoms with Crippen LogP contribution >= 0.6 is 0 Å². The Labute approximate surface area is 113 Å². The Kier molecular flexibility index (Phi) is 4.06. The van der Waals surface area contributed by atoms with E-state index >= 15 is 0 Å². The first-order chi connectivity index (χ1) is 9.47. The van der Waals surface area contributed by atoms with Crippen molar-refractivity contribution in [2.24, 2.45) is 0 Å². The highest BCUT2D eigenvalue weighted by Crippen LogP contribution is 2.23. The van der Waals surface area contributed by atoms with Crippen LogP contribution < -0.4 is 5.32 Å². The van der Waals surface area contributed by atoms with Gasteiger partial charge in [0.1, 0.15) is 11.6 Å². The minimum atomic E-state index is -3.30. The second-order valence-corrected chi connectivity index (χ2v) is 4.26. The van der Waals surface area contributed by atoms with Gasteiger partial charge in [0.15, 0.2) is 0 Å². The van der Waals surface area contributed by atoms with E-state index in [0.29, 0.717) is 18.1 Å². The van der Waals surface area contributed by atoms with Gasteiger partial charge in [-0.15, -0.1) is 0 Å². The molecule has 1 amide bonds. The van der Waals surface area contributed by atoms with Crippen LogP contribution in [0.25, 0.3) is 0 Å². The maximum absolute atomic E-state index is 13.7. The van der Waals surface area contributed by atoms with E-state index in [2.05, 4.69) is 30.5 Å². The molecule has 0 unspecified atom stereocenters. The number of carbonyl (C=O) groups excluding carboxylic acids is 1. The molecule has 0 aliphatic heterocycles. The summed E-state index contributed by atoms with van der Waals surface area (Å²) in [6, 6.07) is 0. The van der Waals surface area contributed by atoms with Crippen molar-refractivity contribution in [1.29, 1.82) is 0 Å². The molecule has 0 aliphatic rings. The number of hydrogen-bond donors (Lipinski definition) is 3. The predicted molar refractivity (Wildman–Crippen MR) is 64.9 cm³/mol. The van der Waals surface area contributed by atoms with Gasteiger partial charge >= 0.3 is 5.92 Å². The van der Waals surface area contributed by atoms with Gasteiger partial charge in [0.2, 0.25) is 11.7 Å². The summed E-state index contributed by atoms with van der Waals surface area (Å²) in [5, 5.41) is 7.91. The molecule has 2 rings (SSSR count). The summed E-state index contributed by atoms with van der Waals surface area (Å²) in [7, 11) is 0. The molecule has 3 N–H and O–H groups in total. The molecule has 0 saturated heterocycles. The van der Waals surface area contributed by atoms with E-state index in [1.54, 1.807) is 12.4 Å². The van der Waals surface area contributed by atoms with Crippen molar-refractivity contribution in [3.8, 4) is 0 Å². The van der Waals surface area contributed by atoms with Crippen molar-refractivity contribution >= 4 is 5.91 Å². The van der Waals surface area contributed by atoms with Crippen LogP contribution in [-0.2, 0) is 17.1 Å². The lowest BCUT2D eigenvalue weighted by atomic mass is 10.2. The van der Waals surface area contributed by atoms with Crippen molar-refractivity contribution in [3.05, 3.63) is 29.9 Å². The first-order valence-electron chi connectivity index (χ1n) is 5.99. The number of rotatable bonds is 6. The van der Waals surface area contributed by atoms with Gasteiger partial charge in [-0.05, 0) is 6.92 Å². The number of nitrogens with one attached hydrogen (secondary N) is 3.